The first kappa shape index (κ1) is 58.6. The third-order valence-electron chi connectivity index (χ3n) is 13.8. The van der Waals surface area contributed by atoms with Crippen LogP contribution in [0.5, 0.6) is 0 Å². The molecule has 0 saturated carbocycles. The van der Waals surface area contributed by atoms with Gasteiger partial charge in [0.25, 0.3) is 10.1 Å². The van der Waals surface area contributed by atoms with Crippen molar-refractivity contribution in [3.8, 4) is 0 Å². The second-order valence-electron chi connectivity index (χ2n) is 20.1. The van der Waals surface area contributed by atoms with Gasteiger partial charge < -0.3 is 24.8 Å². The zero-order valence-electron chi connectivity index (χ0n) is 45.5. The first-order valence-corrected chi connectivity index (χ1v) is 28.4. The fraction of sp³-hybridized carbons (Fsp3) is 0.295. The number of cyclic esters (lactones) is 2. The van der Waals surface area contributed by atoms with Crippen molar-refractivity contribution in [2.24, 2.45) is 0 Å². The molecule has 422 valence electrons. The van der Waals surface area contributed by atoms with E-state index >= 15 is 0 Å². The average Bonchev–Trinajstić information content (AvgIpc) is 4.04. The minimum absolute atomic E-state index is 0.0174. The highest BCUT2D eigenvalue weighted by molar-refractivity contribution is 7.86. The van der Waals surface area contributed by atoms with Crippen LogP contribution < -0.4 is 20.4 Å². The summed E-state index contributed by atoms with van der Waals surface area (Å²) >= 11 is 0. The maximum absolute atomic E-state index is 13.4. The Morgan fingerprint density at radius 3 is 1.31 bits per heavy atom. The van der Waals surface area contributed by atoms with E-state index in [4.69, 9.17) is 29.2 Å². The van der Waals surface area contributed by atoms with Gasteiger partial charge in [-0.3, -0.25) is 49.0 Å². The smallest absolute Gasteiger partial charge is 0.414 e. The van der Waals surface area contributed by atoms with Gasteiger partial charge in [0, 0.05) is 55.2 Å². The number of benzene rings is 6. The Balaban J connectivity index is 0.000000218. The van der Waals surface area contributed by atoms with Crippen LogP contribution in [0.3, 0.4) is 0 Å². The van der Waals surface area contributed by atoms with E-state index in [0.717, 1.165) is 54.7 Å². The first-order chi connectivity index (χ1) is 38.9. The standard InChI is InChI=1S/C35H41N5O5.C26H25N3O6S/c1-24(2)44-34(42)25(3)39-20-18-38(19-21-39)22-30-23-40(35(43)45-30)29-16-14-28(15-17-29)32(36)37-33(41)31(26-10-6-4-7-11-26)27-12-8-5-9-13-27;1-36(32,33)34-17-22-16-29(26(31)35-22)21-14-12-20(13-15-21)24(27)28-25(30)23(18-8-4-2-5-9-18)19-10-6-3-7-11-19/h4-17,24-25,30-31H,18-23H2,1-3H3,(H2,36,37,41);2-15,22-23H,16-17H2,1H3,(H2,27,28,30). The van der Waals surface area contributed by atoms with E-state index in [-0.39, 0.29) is 60.9 Å². The number of hydrogen-bond acceptors (Lipinski definition) is 15. The van der Waals surface area contributed by atoms with Crippen LogP contribution in [0.15, 0.2) is 170 Å². The molecule has 19 nitrogen and oxygen atoms in total. The van der Waals surface area contributed by atoms with Crippen LogP contribution in [0, 0.1) is 10.8 Å². The van der Waals surface area contributed by atoms with Gasteiger partial charge in [-0.15, -0.1) is 0 Å². The van der Waals surface area contributed by atoms with Gasteiger partial charge in [-0.1, -0.05) is 121 Å². The summed E-state index contributed by atoms with van der Waals surface area (Å²) in [5.74, 6) is -2.07. The van der Waals surface area contributed by atoms with Crippen molar-refractivity contribution in [2.45, 2.75) is 57.0 Å². The third kappa shape index (κ3) is 15.8. The summed E-state index contributed by atoms with van der Waals surface area (Å²) < 4.78 is 43.3. The summed E-state index contributed by atoms with van der Waals surface area (Å²) in [5, 5.41) is 22.5. The molecule has 3 heterocycles. The summed E-state index contributed by atoms with van der Waals surface area (Å²) in [4.78, 5) is 71.3. The molecule has 3 aliphatic rings. The number of amides is 4. The van der Waals surface area contributed by atoms with E-state index in [9.17, 15) is 32.4 Å². The number of piperazine rings is 1. The van der Waals surface area contributed by atoms with Gasteiger partial charge in [-0.25, -0.2) is 9.59 Å². The number of hydrogen-bond donors (Lipinski definition) is 4. The number of esters is 1. The lowest BCUT2D eigenvalue weighted by atomic mass is 9.90. The molecule has 3 unspecified atom stereocenters. The SMILES string of the molecule is CC(C)OC(=O)C(C)N1CCN(CC2CN(c3ccc(C(=N)NC(=O)C(c4ccccc4)c4ccccc4)cc3)C(=O)O2)CC1.CS(=O)(=O)OCC1CN(c2ccc(C(=N)NC(=O)C(c3ccccc3)c3ccccc3)cc2)C(=O)O1. The molecule has 0 aromatic heterocycles. The Morgan fingerprint density at radius 2 is 0.938 bits per heavy atom. The highest BCUT2D eigenvalue weighted by Gasteiger charge is 2.36. The van der Waals surface area contributed by atoms with E-state index in [0.29, 0.717) is 35.6 Å². The topological polar surface area (TPSA) is 241 Å². The van der Waals surface area contributed by atoms with Crippen LogP contribution in [-0.4, -0.2) is 143 Å². The quantitative estimate of drug-likeness (QED) is 0.0215. The van der Waals surface area contributed by atoms with Gasteiger partial charge in [-0.2, -0.15) is 8.42 Å². The molecule has 0 bridgehead atoms. The number of rotatable bonds is 18. The molecule has 81 heavy (non-hydrogen) atoms. The van der Waals surface area contributed by atoms with Crippen LogP contribution in [0.25, 0.3) is 0 Å². The zero-order valence-corrected chi connectivity index (χ0v) is 46.3. The number of ether oxygens (including phenoxy) is 3. The van der Waals surface area contributed by atoms with Crippen molar-refractivity contribution < 1.29 is 50.8 Å². The van der Waals surface area contributed by atoms with Gasteiger partial charge in [0.1, 0.15) is 36.5 Å². The Labute approximate surface area is 471 Å². The normalized spacial score (nSPS) is 17.0. The maximum atomic E-state index is 13.4. The molecule has 3 fully saturated rings. The van der Waals surface area contributed by atoms with E-state index in [2.05, 4.69) is 20.4 Å². The fourth-order valence-corrected chi connectivity index (χ4v) is 10.1. The van der Waals surface area contributed by atoms with Crippen LogP contribution in [-0.2, 0) is 42.9 Å². The second kappa shape index (κ2) is 27.1. The van der Waals surface area contributed by atoms with Gasteiger partial charge in [0.15, 0.2) is 0 Å². The van der Waals surface area contributed by atoms with E-state index in [1.807, 2.05) is 142 Å². The van der Waals surface area contributed by atoms with Crippen molar-refractivity contribution in [3.63, 3.8) is 0 Å². The van der Waals surface area contributed by atoms with E-state index in [1.165, 1.54) is 4.90 Å². The Bertz CT molecular complexity index is 3180. The van der Waals surface area contributed by atoms with Crippen LogP contribution >= 0.6 is 0 Å². The zero-order chi connectivity index (χ0) is 57.6. The summed E-state index contributed by atoms with van der Waals surface area (Å²) in [5.41, 5.74) is 5.47. The van der Waals surface area contributed by atoms with Crippen LogP contribution in [0.2, 0.25) is 0 Å². The van der Waals surface area contributed by atoms with E-state index in [1.54, 1.807) is 53.4 Å². The lowest BCUT2D eigenvalue weighted by molar-refractivity contribution is -0.154. The molecular formula is C61H66N8O11S. The first-order valence-electron chi connectivity index (χ1n) is 26.6. The van der Waals surface area contributed by atoms with Gasteiger partial charge in [0.05, 0.1) is 37.3 Å². The number of carbonyl (C=O) groups excluding carboxylic acids is 5. The Morgan fingerprint density at radius 1 is 0.568 bits per heavy atom. The number of carbonyl (C=O) groups is 5. The van der Waals surface area contributed by atoms with Gasteiger partial charge in [0.2, 0.25) is 11.8 Å². The average molecular weight is 1120 g/mol. The summed E-state index contributed by atoms with van der Waals surface area (Å²) in [6, 6.07) is 50.9. The van der Waals surface area contributed by atoms with Gasteiger partial charge in [-0.05, 0) is 91.6 Å². The van der Waals surface area contributed by atoms with Crippen molar-refractivity contribution in [2.75, 3.05) is 68.5 Å². The van der Waals surface area contributed by atoms with Crippen LogP contribution in [0.1, 0.15) is 66.0 Å². The molecule has 3 atom stereocenters. The minimum Gasteiger partial charge on any atom is -0.462 e. The van der Waals surface area contributed by atoms with Crippen LogP contribution in [0.4, 0.5) is 21.0 Å². The number of amidine groups is 2. The largest absolute Gasteiger partial charge is 0.462 e. The minimum atomic E-state index is -3.65. The summed E-state index contributed by atoms with van der Waals surface area (Å²) in [7, 11) is -3.65. The number of nitrogens with one attached hydrogen (secondary N) is 4. The molecule has 4 amide bonds. The molecule has 0 spiro atoms. The summed E-state index contributed by atoms with van der Waals surface area (Å²) in [6.45, 7) is 9.48. The molecule has 9 rings (SSSR count). The highest BCUT2D eigenvalue weighted by atomic mass is 32.2. The van der Waals surface area contributed by atoms with Gasteiger partial charge >= 0.3 is 18.2 Å². The number of nitrogens with zero attached hydrogens (tertiary/aromatic N) is 4. The van der Waals surface area contributed by atoms with E-state index < -0.39 is 40.2 Å². The molecule has 20 heteroatoms. The lowest BCUT2D eigenvalue weighted by Gasteiger charge is -2.37. The molecule has 6 aromatic carbocycles. The monoisotopic (exact) mass is 1120 g/mol. The third-order valence-corrected chi connectivity index (χ3v) is 14.4. The molecule has 4 N–H and O–H groups in total. The molecule has 6 aromatic rings. The Kier molecular flexibility index (Phi) is 19.6. The predicted molar refractivity (Wildman–Crippen MR) is 307 cm³/mol. The predicted octanol–water partition coefficient (Wildman–Crippen LogP) is 7.50. The second-order valence-corrected chi connectivity index (χ2v) is 21.7. The van der Waals surface area contributed by atoms with Crippen molar-refractivity contribution >= 4 is 63.1 Å². The van der Waals surface area contributed by atoms with Crippen molar-refractivity contribution in [1.29, 1.82) is 10.8 Å². The molecule has 3 saturated heterocycles. The maximum Gasteiger partial charge on any atom is 0.414 e. The molecule has 0 aliphatic carbocycles. The Hall–Kier alpha value is -8.56. The highest BCUT2D eigenvalue weighted by Crippen LogP contribution is 2.29. The number of anilines is 2. The van der Waals surface area contributed by atoms with Crippen molar-refractivity contribution in [3.05, 3.63) is 203 Å². The van der Waals surface area contributed by atoms with Crippen molar-refractivity contribution in [1.82, 2.24) is 20.4 Å². The molecule has 0 radical (unpaired) electrons. The molecular weight excluding hydrogens is 1050 g/mol. The molecule has 3 aliphatic heterocycles. The fourth-order valence-electron chi connectivity index (χ4n) is 9.67. The lowest BCUT2D eigenvalue weighted by Crippen LogP contribution is -2.53. The summed E-state index contributed by atoms with van der Waals surface area (Å²) in [6.07, 6.45) is -1.25.